The summed E-state index contributed by atoms with van der Waals surface area (Å²) in [4.78, 5) is 11.6. The normalized spacial score (nSPS) is 10.9. The number of nitrogens with one attached hydrogen (secondary N) is 1. The van der Waals surface area contributed by atoms with Crippen molar-refractivity contribution in [3.8, 4) is 6.07 Å². The van der Waals surface area contributed by atoms with E-state index in [0.717, 1.165) is 11.3 Å². The largest absolute Gasteiger partial charge is 0.351 e. The van der Waals surface area contributed by atoms with E-state index in [1.165, 1.54) is 0 Å². The molecule has 0 aromatic carbocycles. The summed E-state index contributed by atoms with van der Waals surface area (Å²) >= 11 is 0. The highest BCUT2D eigenvalue weighted by molar-refractivity contribution is 5.84. The molecule has 0 aliphatic carbocycles. The average molecular weight is 220 g/mol. The monoisotopic (exact) mass is 220 g/mol. The molecular weight excluding hydrogens is 204 g/mol. The van der Waals surface area contributed by atoms with Crippen LogP contribution in [0.3, 0.4) is 0 Å². The van der Waals surface area contributed by atoms with Gasteiger partial charge in [0.05, 0.1) is 11.8 Å². The molecule has 1 heterocycles. The molecule has 16 heavy (non-hydrogen) atoms. The molecule has 0 fully saturated rings. The Bertz CT molecular complexity index is 439. The minimum Gasteiger partial charge on any atom is -0.351 e. The Morgan fingerprint density at radius 1 is 1.69 bits per heavy atom. The first-order valence-electron chi connectivity index (χ1n) is 5.05. The quantitative estimate of drug-likeness (QED) is 0.822. The Labute approximate surface area is 95.1 Å². The maximum atomic E-state index is 11.6. The number of hydrogen-bond acceptors (Lipinski definition) is 3. The zero-order chi connectivity index (χ0) is 12.3. The van der Waals surface area contributed by atoms with Crippen molar-refractivity contribution in [3.63, 3.8) is 0 Å². The molecule has 86 valence electrons. The highest BCUT2D eigenvalue weighted by Crippen LogP contribution is 2.13. The van der Waals surface area contributed by atoms with Crippen molar-refractivity contribution in [1.82, 2.24) is 15.1 Å². The van der Waals surface area contributed by atoms with Crippen LogP contribution in [0.5, 0.6) is 0 Å². The van der Waals surface area contributed by atoms with Crippen LogP contribution in [0.15, 0.2) is 6.20 Å². The van der Waals surface area contributed by atoms with Crippen molar-refractivity contribution in [2.45, 2.75) is 27.3 Å². The first-order chi connectivity index (χ1) is 7.36. The Morgan fingerprint density at radius 3 is 2.75 bits per heavy atom. The van der Waals surface area contributed by atoms with Gasteiger partial charge in [-0.2, -0.15) is 10.4 Å². The SMILES string of the molecule is Cc1nn(C)cc1CNC(=O)C(C)(C)C#N. The van der Waals surface area contributed by atoms with Gasteiger partial charge in [0, 0.05) is 25.4 Å². The third-order valence-electron chi connectivity index (χ3n) is 2.40. The maximum Gasteiger partial charge on any atom is 0.240 e. The lowest BCUT2D eigenvalue weighted by molar-refractivity contribution is -0.126. The molecule has 5 nitrogen and oxygen atoms in total. The molecule has 0 aliphatic heterocycles. The van der Waals surface area contributed by atoms with Crippen molar-refractivity contribution in [2.75, 3.05) is 0 Å². The third kappa shape index (κ3) is 2.60. The average Bonchev–Trinajstić information content (AvgIpc) is 2.53. The summed E-state index contributed by atoms with van der Waals surface area (Å²) in [5.74, 6) is -0.266. The van der Waals surface area contributed by atoms with Crippen LogP contribution in [0.25, 0.3) is 0 Å². The van der Waals surface area contributed by atoms with E-state index in [2.05, 4.69) is 10.4 Å². The van der Waals surface area contributed by atoms with Gasteiger partial charge in [-0.1, -0.05) is 0 Å². The number of rotatable bonds is 3. The summed E-state index contributed by atoms with van der Waals surface area (Å²) in [5.41, 5.74) is 0.859. The van der Waals surface area contributed by atoms with Gasteiger partial charge in [0.2, 0.25) is 5.91 Å². The molecule has 1 amide bonds. The van der Waals surface area contributed by atoms with Gasteiger partial charge in [-0.05, 0) is 20.8 Å². The molecule has 0 aliphatic rings. The van der Waals surface area contributed by atoms with Crippen molar-refractivity contribution < 1.29 is 4.79 Å². The molecule has 1 rings (SSSR count). The number of aryl methyl sites for hydroxylation is 2. The van der Waals surface area contributed by atoms with Crippen molar-refractivity contribution in [2.24, 2.45) is 12.5 Å². The standard InChI is InChI=1S/C11H16N4O/c1-8-9(6-15(4)14-8)5-13-10(16)11(2,3)7-12/h6H,5H2,1-4H3,(H,13,16). The second-order valence-electron chi connectivity index (χ2n) is 4.33. The lowest BCUT2D eigenvalue weighted by Gasteiger charge is -2.14. The molecule has 1 aromatic rings. The van der Waals surface area contributed by atoms with E-state index in [1.807, 2.05) is 26.2 Å². The fraction of sp³-hybridized carbons (Fsp3) is 0.545. The van der Waals surface area contributed by atoms with Gasteiger partial charge in [0.15, 0.2) is 0 Å². The summed E-state index contributed by atoms with van der Waals surface area (Å²) in [6, 6.07) is 1.96. The molecule has 0 saturated heterocycles. The van der Waals surface area contributed by atoms with Crippen LogP contribution in [0, 0.1) is 23.7 Å². The minimum atomic E-state index is -0.990. The second-order valence-corrected chi connectivity index (χ2v) is 4.33. The van der Waals surface area contributed by atoms with Gasteiger partial charge >= 0.3 is 0 Å². The van der Waals surface area contributed by atoms with Gasteiger partial charge < -0.3 is 5.32 Å². The molecule has 1 N–H and O–H groups in total. The number of nitriles is 1. The van der Waals surface area contributed by atoms with Crippen molar-refractivity contribution in [3.05, 3.63) is 17.5 Å². The van der Waals surface area contributed by atoms with E-state index < -0.39 is 5.41 Å². The number of aromatic nitrogens is 2. The topological polar surface area (TPSA) is 70.7 Å². The molecule has 5 heteroatoms. The van der Waals surface area contributed by atoms with Crippen LogP contribution in [-0.4, -0.2) is 15.7 Å². The number of hydrogen-bond donors (Lipinski definition) is 1. The lowest BCUT2D eigenvalue weighted by atomic mass is 9.95. The molecule has 0 radical (unpaired) electrons. The van der Waals surface area contributed by atoms with E-state index in [9.17, 15) is 4.79 Å². The van der Waals surface area contributed by atoms with E-state index in [1.54, 1.807) is 18.5 Å². The highest BCUT2D eigenvalue weighted by atomic mass is 16.2. The Morgan fingerprint density at radius 2 is 2.31 bits per heavy atom. The Kier molecular flexibility index (Phi) is 3.33. The Hall–Kier alpha value is -1.83. The number of carbonyl (C=O) groups is 1. The number of amides is 1. The summed E-state index contributed by atoms with van der Waals surface area (Å²) in [6.45, 7) is 5.48. The van der Waals surface area contributed by atoms with Crippen molar-refractivity contribution in [1.29, 1.82) is 5.26 Å². The zero-order valence-electron chi connectivity index (χ0n) is 10.0. The van der Waals surface area contributed by atoms with Gasteiger partial charge in [0.1, 0.15) is 5.41 Å². The summed E-state index contributed by atoms with van der Waals surface area (Å²) in [7, 11) is 1.83. The van der Waals surface area contributed by atoms with Crippen LogP contribution in [0.4, 0.5) is 0 Å². The summed E-state index contributed by atoms with van der Waals surface area (Å²) in [5, 5.41) is 15.7. The van der Waals surface area contributed by atoms with Crippen LogP contribution >= 0.6 is 0 Å². The van der Waals surface area contributed by atoms with Gasteiger partial charge in [0.25, 0.3) is 0 Å². The van der Waals surface area contributed by atoms with Gasteiger partial charge in [-0.15, -0.1) is 0 Å². The smallest absolute Gasteiger partial charge is 0.240 e. The fourth-order valence-corrected chi connectivity index (χ4v) is 1.27. The molecule has 0 spiro atoms. The first-order valence-corrected chi connectivity index (χ1v) is 5.05. The second kappa shape index (κ2) is 4.35. The van der Waals surface area contributed by atoms with Gasteiger partial charge in [-0.25, -0.2) is 0 Å². The zero-order valence-corrected chi connectivity index (χ0v) is 10.0. The molecule has 0 unspecified atom stereocenters. The van der Waals surface area contributed by atoms with Gasteiger partial charge in [-0.3, -0.25) is 9.48 Å². The molecule has 0 atom stereocenters. The van der Waals surface area contributed by atoms with E-state index in [4.69, 9.17) is 5.26 Å². The number of nitrogens with zero attached hydrogens (tertiary/aromatic N) is 3. The fourth-order valence-electron chi connectivity index (χ4n) is 1.27. The lowest BCUT2D eigenvalue weighted by Crippen LogP contribution is -2.35. The minimum absolute atomic E-state index is 0.266. The predicted molar refractivity (Wildman–Crippen MR) is 59.2 cm³/mol. The molecule has 0 saturated carbocycles. The van der Waals surface area contributed by atoms with Crippen LogP contribution < -0.4 is 5.32 Å². The van der Waals surface area contributed by atoms with E-state index >= 15 is 0 Å². The summed E-state index contributed by atoms with van der Waals surface area (Å²) < 4.78 is 1.70. The van der Waals surface area contributed by atoms with E-state index in [-0.39, 0.29) is 5.91 Å². The van der Waals surface area contributed by atoms with Crippen LogP contribution in [-0.2, 0) is 18.4 Å². The molecule has 1 aromatic heterocycles. The van der Waals surface area contributed by atoms with Crippen LogP contribution in [0.1, 0.15) is 25.1 Å². The van der Waals surface area contributed by atoms with Crippen molar-refractivity contribution >= 4 is 5.91 Å². The predicted octanol–water partition coefficient (Wildman–Crippen LogP) is 0.894. The molecular formula is C11H16N4O. The third-order valence-corrected chi connectivity index (χ3v) is 2.40. The molecule has 0 bridgehead atoms. The Balaban J connectivity index is 2.63. The maximum absolute atomic E-state index is 11.6. The summed E-state index contributed by atoms with van der Waals surface area (Å²) in [6.07, 6.45) is 1.86. The van der Waals surface area contributed by atoms with E-state index in [0.29, 0.717) is 6.54 Å². The highest BCUT2D eigenvalue weighted by Gasteiger charge is 2.26. The van der Waals surface area contributed by atoms with Crippen LogP contribution in [0.2, 0.25) is 0 Å². The number of carbonyl (C=O) groups excluding carboxylic acids is 1. The first kappa shape index (κ1) is 12.2.